The maximum Gasteiger partial charge on any atom is 0.241 e. The Kier molecular flexibility index (Phi) is 5.19. The van der Waals surface area contributed by atoms with E-state index in [0.29, 0.717) is 24.2 Å². The van der Waals surface area contributed by atoms with Crippen LogP contribution in [0.4, 0.5) is 0 Å². The maximum atomic E-state index is 12.4. The Balaban J connectivity index is 2.17. The molecule has 2 atom stereocenters. The summed E-state index contributed by atoms with van der Waals surface area (Å²) in [5.74, 6) is 0.229. The van der Waals surface area contributed by atoms with E-state index in [0.717, 1.165) is 12.0 Å². The van der Waals surface area contributed by atoms with Crippen LogP contribution in [0.3, 0.4) is 0 Å². The number of nitrogens with one attached hydrogen (secondary N) is 1. The smallest absolute Gasteiger partial charge is 0.241 e. The lowest BCUT2D eigenvalue weighted by molar-refractivity contribution is 0.180. The summed E-state index contributed by atoms with van der Waals surface area (Å²) in [7, 11) is -3.55. The molecule has 0 radical (unpaired) electrons. The third-order valence-corrected chi connectivity index (χ3v) is 6.07. The molecule has 0 bridgehead atoms. The number of rotatable bonds is 5. The van der Waals surface area contributed by atoms with Crippen molar-refractivity contribution in [3.05, 3.63) is 28.2 Å². The minimum Gasteiger partial charge on any atom is -0.381 e. The lowest BCUT2D eigenvalue weighted by Gasteiger charge is -2.19. The summed E-state index contributed by atoms with van der Waals surface area (Å²) in [5.41, 5.74) is 6.42. The van der Waals surface area contributed by atoms with Gasteiger partial charge < -0.3 is 10.5 Å². The molecule has 0 aliphatic carbocycles. The van der Waals surface area contributed by atoms with Crippen LogP contribution >= 0.6 is 15.9 Å². The van der Waals surface area contributed by atoms with E-state index in [2.05, 4.69) is 20.7 Å². The Hall–Kier alpha value is -0.470. The molecular formula is C13H19BrN2O3S. The van der Waals surface area contributed by atoms with E-state index in [4.69, 9.17) is 10.5 Å². The Morgan fingerprint density at radius 2 is 2.30 bits per heavy atom. The zero-order valence-electron chi connectivity index (χ0n) is 11.3. The SMILES string of the molecule is CC(NS(=O)(=O)c1ccc(CN)cc1Br)C1CCOC1. The van der Waals surface area contributed by atoms with E-state index in [-0.39, 0.29) is 16.9 Å². The summed E-state index contributed by atoms with van der Waals surface area (Å²) in [6.07, 6.45) is 0.886. The largest absolute Gasteiger partial charge is 0.381 e. The van der Waals surface area contributed by atoms with E-state index in [1.165, 1.54) is 0 Å². The molecule has 0 saturated carbocycles. The lowest BCUT2D eigenvalue weighted by Crippen LogP contribution is -2.38. The highest BCUT2D eigenvalue weighted by molar-refractivity contribution is 9.10. The van der Waals surface area contributed by atoms with Gasteiger partial charge in [0.05, 0.1) is 11.5 Å². The Labute approximate surface area is 128 Å². The molecule has 0 amide bonds. The first-order valence-corrected chi connectivity index (χ1v) is 8.80. The minimum absolute atomic E-state index is 0.149. The van der Waals surface area contributed by atoms with Gasteiger partial charge >= 0.3 is 0 Å². The molecule has 112 valence electrons. The zero-order valence-corrected chi connectivity index (χ0v) is 13.7. The number of hydrogen-bond donors (Lipinski definition) is 2. The van der Waals surface area contributed by atoms with Gasteiger partial charge in [-0.15, -0.1) is 0 Å². The van der Waals surface area contributed by atoms with Crippen molar-refractivity contribution in [1.82, 2.24) is 4.72 Å². The highest BCUT2D eigenvalue weighted by atomic mass is 79.9. The first-order valence-electron chi connectivity index (χ1n) is 6.52. The van der Waals surface area contributed by atoms with Crippen molar-refractivity contribution >= 4 is 26.0 Å². The number of sulfonamides is 1. The van der Waals surface area contributed by atoms with Crippen molar-refractivity contribution in [2.24, 2.45) is 11.7 Å². The monoisotopic (exact) mass is 362 g/mol. The van der Waals surface area contributed by atoms with E-state index < -0.39 is 10.0 Å². The summed E-state index contributed by atoms with van der Waals surface area (Å²) in [5, 5.41) is 0. The van der Waals surface area contributed by atoms with Gasteiger partial charge in [0.25, 0.3) is 0 Å². The Morgan fingerprint density at radius 3 is 2.85 bits per heavy atom. The van der Waals surface area contributed by atoms with Crippen molar-refractivity contribution in [3.63, 3.8) is 0 Å². The van der Waals surface area contributed by atoms with E-state index >= 15 is 0 Å². The van der Waals surface area contributed by atoms with Crippen LogP contribution in [0, 0.1) is 5.92 Å². The third kappa shape index (κ3) is 3.59. The first-order chi connectivity index (χ1) is 9.44. The van der Waals surface area contributed by atoms with Gasteiger partial charge in [-0.05, 0) is 47.0 Å². The quantitative estimate of drug-likeness (QED) is 0.833. The minimum atomic E-state index is -3.55. The zero-order chi connectivity index (χ0) is 14.8. The molecule has 1 aliphatic rings. The van der Waals surface area contributed by atoms with Gasteiger partial charge in [0.1, 0.15) is 0 Å². The second-order valence-corrected chi connectivity index (χ2v) is 7.54. The van der Waals surface area contributed by atoms with Gasteiger partial charge in [-0.1, -0.05) is 6.07 Å². The normalized spacial score (nSPS) is 21.1. The third-order valence-electron chi connectivity index (χ3n) is 3.53. The standard InChI is InChI=1S/C13H19BrN2O3S/c1-9(11-4-5-19-8-11)16-20(17,18)13-3-2-10(7-15)6-12(13)14/h2-3,6,9,11,16H,4-5,7-8,15H2,1H3. The van der Waals surface area contributed by atoms with Crippen molar-refractivity contribution in [2.45, 2.75) is 30.8 Å². The number of benzene rings is 1. The van der Waals surface area contributed by atoms with Crippen LogP contribution in [-0.2, 0) is 21.3 Å². The van der Waals surface area contributed by atoms with E-state index in [9.17, 15) is 8.42 Å². The molecule has 1 saturated heterocycles. The van der Waals surface area contributed by atoms with Crippen molar-refractivity contribution in [3.8, 4) is 0 Å². The van der Waals surface area contributed by atoms with Gasteiger partial charge in [-0.2, -0.15) is 0 Å². The van der Waals surface area contributed by atoms with Crippen LogP contribution in [0.1, 0.15) is 18.9 Å². The highest BCUT2D eigenvalue weighted by Gasteiger charge is 2.27. The molecule has 5 nitrogen and oxygen atoms in total. The summed E-state index contributed by atoms with van der Waals surface area (Å²) in [6.45, 7) is 3.56. The molecule has 1 aromatic carbocycles. The maximum absolute atomic E-state index is 12.4. The molecule has 2 rings (SSSR count). The second-order valence-electron chi connectivity index (χ2n) is 5.00. The number of halogens is 1. The molecule has 20 heavy (non-hydrogen) atoms. The molecule has 1 heterocycles. The number of hydrogen-bond acceptors (Lipinski definition) is 4. The van der Waals surface area contributed by atoms with Crippen LogP contribution in [0.5, 0.6) is 0 Å². The molecule has 0 aromatic heterocycles. The predicted octanol–water partition coefficient (Wildman–Crippen LogP) is 1.61. The average Bonchev–Trinajstić information content (AvgIpc) is 2.91. The summed E-state index contributed by atoms with van der Waals surface area (Å²) >= 11 is 3.30. The molecule has 0 spiro atoms. The fourth-order valence-electron chi connectivity index (χ4n) is 2.24. The van der Waals surface area contributed by atoms with E-state index in [1.807, 2.05) is 6.92 Å². The predicted molar refractivity (Wildman–Crippen MR) is 80.7 cm³/mol. The topological polar surface area (TPSA) is 81.4 Å². The molecule has 1 fully saturated rings. The van der Waals surface area contributed by atoms with Crippen LogP contribution in [0.15, 0.2) is 27.6 Å². The lowest BCUT2D eigenvalue weighted by atomic mass is 10.0. The highest BCUT2D eigenvalue weighted by Crippen LogP contribution is 2.25. The van der Waals surface area contributed by atoms with Gasteiger partial charge in [-0.3, -0.25) is 0 Å². The first kappa shape index (κ1) is 15.9. The number of nitrogens with two attached hydrogens (primary N) is 1. The molecular weight excluding hydrogens is 344 g/mol. The summed E-state index contributed by atoms with van der Waals surface area (Å²) < 4.78 is 33.4. The average molecular weight is 363 g/mol. The molecule has 7 heteroatoms. The fraction of sp³-hybridized carbons (Fsp3) is 0.538. The van der Waals surface area contributed by atoms with E-state index in [1.54, 1.807) is 18.2 Å². The van der Waals surface area contributed by atoms with Gasteiger partial charge in [0.2, 0.25) is 10.0 Å². The second kappa shape index (κ2) is 6.53. The molecule has 2 unspecified atom stereocenters. The van der Waals surface area contributed by atoms with Crippen molar-refractivity contribution in [2.75, 3.05) is 13.2 Å². The van der Waals surface area contributed by atoms with Crippen LogP contribution in [0.2, 0.25) is 0 Å². The fourth-order valence-corrected chi connectivity index (χ4v) is 4.68. The summed E-state index contributed by atoms with van der Waals surface area (Å²) in [6, 6.07) is 4.89. The van der Waals surface area contributed by atoms with Crippen LogP contribution in [-0.4, -0.2) is 27.7 Å². The van der Waals surface area contributed by atoms with Gasteiger partial charge in [-0.25, -0.2) is 13.1 Å². The Morgan fingerprint density at radius 1 is 1.55 bits per heavy atom. The Bertz CT molecular complexity index is 571. The number of ether oxygens (including phenoxy) is 1. The van der Waals surface area contributed by atoms with Crippen molar-refractivity contribution < 1.29 is 13.2 Å². The van der Waals surface area contributed by atoms with Crippen LogP contribution in [0.25, 0.3) is 0 Å². The molecule has 1 aromatic rings. The van der Waals surface area contributed by atoms with Gasteiger partial charge in [0.15, 0.2) is 0 Å². The van der Waals surface area contributed by atoms with Gasteiger partial charge in [0, 0.05) is 29.6 Å². The summed E-state index contributed by atoms with van der Waals surface area (Å²) in [4.78, 5) is 0.237. The molecule has 3 N–H and O–H groups in total. The van der Waals surface area contributed by atoms with Crippen LogP contribution < -0.4 is 10.5 Å². The molecule has 1 aliphatic heterocycles. The van der Waals surface area contributed by atoms with Crippen molar-refractivity contribution in [1.29, 1.82) is 0 Å².